The molecule has 0 amide bonds. The Morgan fingerprint density at radius 3 is 2.60 bits per heavy atom. The summed E-state index contributed by atoms with van der Waals surface area (Å²) in [5, 5.41) is 9.96. The molecule has 0 spiro atoms. The van der Waals surface area contributed by atoms with Gasteiger partial charge in [0.15, 0.2) is 5.43 Å². The average molecular weight is 402 g/mol. The van der Waals surface area contributed by atoms with Crippen LogP contribution in [-0.4, -0.2) is 5.11 Å². The number of hydrogen-bond acceptors (Lipinski definition) is 4. The van der Waals surface area contributed by atoms with Crippen molar-refractivity contribution >= 4 is 22.3 Å². The summed E-state index contributed by atoms with van der Waals surface area (Å²) in [6.45, 7) is 15.2. The molecule has 30 heavy (non-hydrogen) atoms. The second-order valence-electron chi connectivity index (χ2n) is 6.13. The smallest absolute Gasteiger partial charge is 0.200 e. The fraction of sp³-hybridized carbons (Fsp3) is 0.115. The van der Waals surface area contributed by atoms with Crippen LogP contribution in [0.5, 0.6) is 5.75 Å². The first kappa shape index (κ1) is 22.5. The Kier molecular flexibility index (Phi) is 8.00. The lowest BCUT2D eigenvalue weighted by Gasteiger charge is -2.09. The van der Waals surface area contributed by atoms with E-state index in [1.165, 1.54) is 6.26 Å². The molecule has 0 saturated carbocycles. The Hall–Kier alpha value is -3.79. The van der Waals surface area contributed by atoms with Gasteiger partial charge < -0.3 is 14.3 Å². The molecule has 1 heterocycles. The van der Waals surface area contributed by atoms with Crippen molar-refractivity contribution in [3.63, 3.8) is 0 Å². The van der Waals surface area contributed by atoms with Gasteiger partial charge in [-0.2, -0.15) is 0 Å². The Labute approximate surface area is 176 Å². The highest BCUT2D eigenvalue weighted by Crippen LogP contribution is 2.23. The largest absolute Gasteiger partial charge is 0.508 e. The van der Waals surface area contributed by atoms with Crippen molar-refractivity contribution < 1.29 is 14.3 Å². The molecule has 0 bridgehead atoms. The molecule has 0 aliphatic rings. The number of fused-ring (bicyclic) bond motifs is 1. The molecular weight excluding hydrogens is 376 g/mol. The van der Waals surface area contributed by atoms with E-state index in [1.54, 1.807) is 48.6 Å². The standard InChI is InChI=1S/C24H20O4.C2H6/c1-4-7-18(5-2)22-15-28-23-13-20(10-11-21(23)24(22)26)27-14-17-8-6-9-19(12-17)16(3)25;1-2/h4-13,15,25H,1-3,14H2;1-2H3/b18-7+;. The van der Waals surface area contributed by atoms with Crippen LogP contribution < -0.4 is 10.2 Å². The molecule has 0 saturated heterocycles. The number of aliphatic hydroxyl groups excluding tert-OH is 1. The van der Waals surface area contributed by atoms with Crippen molar-refractivity contribution in [2.75, 3.05) is 0 Å². The van der Waals surface area contributed by atoms with E-state index in [-0.39, 0.29) is 11.2 Å². The van der Waals surface area contributed by atoms with Crippen LogP contribution in [0.1, 0.15) is 30.5 Å². The minimum atomic E-state index is -0.144. The highest BCUT2D eigenvalue weighted by molar-refractivity contribution is 5.84. The zero-order valence-corrected chi connectivity index (χ0v) is 17.4. The predicted molar refractivity (Wildman–Crippen MR) is 125 cm³/mol. The minimum absolute atomic E-state index is 0.00883. The van der Waals surface area contributed by atoms with E-state index in [2.05, 4.69) is 19.7 Å². The molecule has 154 valence electrons. The Balaban J connectivity index is 0.00000155. The highest BCUT2D eigenvalue weighted by atomic mass is 16.5. The average Bonchev–Trinajstić information content (AvgIpc) is 2.78. The normalized spacial score (nSPS) is 10.7. The van der Waals surface area contributed by atoms with Crippen LogP contribution in [-0.2, 0) is 6.61 Å². The molecule has 3 rings (SSSR count). The first-order valence-electron chi connectivity index (χ1n) is 9.64. The third-order valence-electron chi connectivity index (χ3n) is 4.24. The summed E-state index contributed by atoms with van der Waals surface area (Å²) in [6, 6.07) is 12.4. The number of ether oxygens (including phenoxy) is 1. The lowest BCUT2D eigenvalue weighted by atomic mass is 10.1. The van der Waals surface area contributed by atoms with E-state index in [1.807, 2.05) is 26.0 Å². The summed E-state index contributed by atoms with van der Waals surface area (Å²) < 4.78 is 11.4. The molecule has 4 heteroatoms. The number of aliphatic hydroxyl groups is 1. The van der Waals surface area contributed by atoms with Gasteiger partial charge in [-0.05, 0) is 29.3 Å². The molecule has 0 radical (unpaired) electrons. The van der Waals surface area contributed by atoms with Crippen molar-refractivity contribution in [3.8, 4) is 5.75 Å². The van der Waals surface area contributed by atoms with Crippen LogP contribution in [0.15, 0.2) is 95.9 Å². The maximum Gasteiger partial charge on any atom is 0.200 e. The molecule has 1 N–H and O–H groups in total. The van der Waals surface area contributed by atoms with Crippen molar-refractivity contribution in [3.05, 3.63) is 114 Å². The van der Waals surface area contributed by atoms with Gasteiger partial charge in [0.05, 0.1) is 10.9 Å². The molecule has 0 unspecified atom stereocenters. The van der Waals surface area contributed by atoms with Gasteiger partial charge >= 0.3 is 0 Å². The molecule has 0 aliphatic heterocycles. The number of rotatable bonds is 7. The number of hydrogen-bond donors (Lipinski definition) is 1. The van der Waals surface area contributed by atoms with E-state index in [4.69, 9.17) is 9.15 Å². The van der Waals surface area contributed by atoms with E-state index >= 15 is 0 Å². The molecule has 0 fully saturated rings. The summed E-state index contributed by atoms with van der Waals surface area (Å²) in [6.07, 6.45) is 6.31. The Morgan fingerprint density at radius 2 is 1.93 bits per heavy atom. The fourth-order valence-electron chi connectivity index (χ4n) is 2.80. The summed E-state index contributed by atoms with van der Waals surface area (Å²) in [5.74, 6) is 0.580. The third-order valence-corrected chi connectivity index (χ3v) is 4.24. The third kappa shape index (κ3) is 5.17. The van der Waals surface area contributed by atoms with E-state index in [0.29, 0.717) is 40.0 Å². The molecule has 0 aliphatic carbocycles. The van der Waals surface area contributed by atoms with Gasteiger partial charge in [-0.15, -0.1) is 0 Å². The zero-order chi connectivity index (χ0) is 22.1. The topological polar surface area (TPSA) is 59.7 Å². The van der Waals surface area contributed by atoms with E-state index in [9.17, 15) is 9.90 Å². The van der Waals surface area contributed by atoms with Crippen molar-refractivity contribution in [1.29, 1.82) is 0 Å². The first-order valence-corrected chi connectivity index (χ1v) is 9.64. The second kappa shape index (κ2) is 10.7. The summed E-state index contributed by atoms with van der Waals surface area (Å²) >= 11 is 0. The van der Waals surface area contributed by atoms with Crippen LogP contribution in [0.4, 0.5) is 0 Å². The Bertz CT molecular complexity index is 1150. The molecule has 2 aromatic carbocycles. The first-order chi connectivity index (χ1) is 14.5. The maximum atomic E-state index is 12.7. The highest BCUT2D eigenvalue weighted by Gasteiger charge is 2.10. The molecule has 4 nitrogen and oxygen atoms in total. The Morgan fingerprint density at radius 1 is 1.17 bits per heavy atom. The van der Waals surface area contributed by atoms with Gasteiger partial charge in [-0.1, -0.05) is 70.0 Å². The van der Waals surface area contributed by atoms with Crippen LogP contribution in [0.3, 0.4) is 0 Å². The lowest BCUT2D eigenvalue weighted by molar-refractivity contribution is 0.306. The lowest BCUT2D eigenvalue weighted by Crippen LogP contribution is -2.07. The van der Waals surface area contributed by atoms with Crippen molar-refractivity contribution in [2.24, 2.45) is 0 Å². The zero-order valence-electron chi connectivity index (χ0n) is 17.4. The SMILES string of the molecule is C=C/C=C(\C=C)c1coc2cc(OCc3cccc(C(=C)O)c3)ccc2c1=O.CC. The van der Waals surface area contributed by atoms with Crippen molar-refractivity contribution in [1.82, 2.24) is 0 Å². The van der Waals surface area contributed by atoms with Gasteiger partial charge in [-0.3, -0.25) is 4.79 Å². The van der Waals surface area contributed by atoms with Gasteiger partial charge in [0.1, 0.15) is 30.0 Å². The molecular formula is C26H26O4. The molecule has 1 aromatic heterocycles. The van der Waals surface area contributed by atoms with Gasteiger partial charge in [-0.25, -0.2) is 0 Å². The predicted octanol–water partition coefficient (Wildman–Crippen LogP) is 6.68. The number of benzene rings is 2. The number of allylic oxidation sites excluding steroid dienone is 4. The summed E-state index contributed by atoms with van der Waals surface area (Å²) in [7, 11) is 0. The molecule has 3 aromatic rings. The van der Waals surface area contributed by atoms with Gasteiger partial charge in [0.25, 0.3) is 0 Å². The quantitative estimate of drug-likeness (QED) is 0.354. The summed E-state index contributed by atoms with van der Waals surface area (Å²) in [4.78, 5) is 12.7. The van der Waals surface area contributed by atoms with E-state index in [0.717, 1.165) is 5.56 Å². The van der Waals surface area contributed by atoms with Crippen molar-refractivity contribution in [2.45, 2.75) is 20.5 Å². The second-order valence-corrected chi connectivity index (χ2v) is 6.13. The summed E-state index contributed by atoms with van der Waals surface area (Å²) in [5.41, 5.74) is 2.90. The van der Waals surface area contributed by atoms with Crippen LogP contribution in [0.2, 0.25) is 0 Å². The monoisotopic (exact) mass is 402 g/mol. The fourth-order valence-corrected chi connectivity index (χ4v) is 2.80. The van der Waals surface area contributed by atoms with Gasteiger partial charge in [0.2, 0.25) is 0 Å². The van der Waals surface area contributed by atoms with Crippen LogP contribution in [0, 0.1) is 0 Å². The van der Waals surface area contributed by atoms with Crippen LogP contribution >= 0.6 is 0 Å². The maximum absolute atomic E-state index is 12.7. The van der Waals surface area contributed by atoms with Crippen LogP contribution in [0.25, 0.3) is 22.3 Å². The van der Waals surface area contributed by atoms with E-state index < -0.39 is 0 Å². The molecule has 0 atom stereocenters. The minimum Gasteiger partial charge on any atom is -0.508 e. The van der Waals surface area contributed by atoms with Gasteiger partial charge in [0, 0.05) is 11.6 Å².